The number of amides is 1. The summed E-state index contributed by atoms with van der Waals surface area (Å²) in [5.74, 6) is -1.88. The predicted octanol–water partition coefficient (Wildman–Crippen LogP) is 4.16. The maximum atomic E-state index is 12.5. The molecule has 6 nitrogen and oxygen atoms in total. The summed E-state index contributed by atoms with van der Waals surface area (Å²) in [5, 5.41) is 7.12. The van der Waals surface area contributed by atoms with E-state index in [9.17, 15) is 18.0 Å². The Labute approximate surface area is 173 Å². The maximum absolute atomic E-state index is 12.5. The largest absolute Gasteiger partial charge is 0.490 e. The minimum absolute atomic E-state index is 0.0844. The molecule has 0 saturated carbocycles. The normalized spacial score (nSPS) is 14.6. The van der Waals surface area contributed by atoms with E-state index in [0.717, 1.165) is 41.7 Å². The van der Waals surface area contributed by atoms with Crippen LogP contribution in [0, 0.1) is 0 Å². The fourth-order valence-corrected chi connectivity index (χ4v) is 2.99. The van der Waals surface area contributed by atoms with Gasteiger partial charge in [0, 0.05) is 42.2 Å². The number of nitrogens with zero attached hydrogens (tertiary/aromatic N) is 2. The van der Waals surface area contributed by atoms with Crippen LogP contribution in [0.5, 0.6) is 5.75 Å². The quantitative estimate of drug-likeness (QED) is 0.722. The van der Waals surface area contributed by atoms with E-state index in [-0.39, 0.29) is 12.0 Å². The van der Waals surface area contributed by atoms with Gasteiger partial charge in [-0.25, -0.2) is 4.79 Å². The van der Waals surface area contributed by atoms with Crippen molar-refractivity contribution in [3.05, 3.63) is 58.8 Å². The SMILES string of the molecule is O=C(O)C(F)(F)F.O=C(c1cccc(Br)c1)N1CCC(Oc2cccnc2)CC1. The monoisotopic (exact) mass is 474 g/mol. The van der Waals surface area contributed by atoms with Gasteiger partial charge in [0.2, 0.25) is 0 Å². The zero-order valence-electron chi connectivity index (χ0n) is 15.1. The summed E-state index contributed by atoms with van der Waals surface area (Å²) in [6, 6.07) is 11.3. The number of carboxylic acids is 1. The van der Waals surface area contributed by atoms with Crippen LogP contribution in [0.3, 0.4) is 0 Å². The van der Waals surface area contributed by atoms with Crippen molar-refractivity contribution in [2.75, 3.05) is 13.1 Å². The van der Waals surface area contributed by atoms with Crippen LogP contribution in [0.2, 0.25) is 0 Å². The molecule has 0 aliphatic carbocycles. The van der Waals surface area contributed by atoms with Crippen LogP contribution in [0.15, 0.2) is 53.3 Å². The van der Waals surface area contributed by atoms with Crippen molar-refractivity contribution in [2.45, 2.75) is 25.1 Å². The number of piperidine rings is 1. The molecule has 1 amide bonds. The number of rotatable bonds is 3. The average Bonchev–Trinajstić information content (AvgIpc) is 2.68. The first-order valence-corrected chi connectivity index (χ1v) is 9.37. The smallest absolute Gasteiger partial charge is 0.489 e. The highest BCUT2D eigenvalue weighted by Crippen LogP contribution is 2.20. The fourth-order valence-electron chi connectivity index (χ4n) is 2.59. The molecule has 1 fully saturated rings. The topological polar surface area (TPSA) is 79.7 Å². The number of hydrogen-bond donors (Lipinski definition) is 1. The standard InChI is InChI=1S/C17H17BrN2O2.C2HF3O2/c18-14-4-1-3-13(11-14)17(21)20-9-6-15(7-10-20)22-16-5-2-8-19-12-16;3-2(4,5)1(6)7/h1-5,8,11-12,15H,6-7,9-10H2;(H,6,7). The summed E-state index contributed by atoms with van der Waals surface area (Å²) in [6.07, 6.45) is 0.199. The number of aromatic nitrogens is 1. The third-order valence-electron chi connectivity index (χ3n) is 3.98. The lowest BCUT2D eigenvalue weighted by molar-refractivity contribution is -0.192. The van der Waals surface area contributed by atoms with E-state index < -0.39 is 12.1 Å². The van der Waals surface area contributed by atoms with Gasteiger partial charge in [-0.2, -0.15) is 13.2 Å². The van der Waals surface area contributed by atoms with E-state index >= 15 is 0 Å². The van der Waals surface area contributed by atoms with Gasteiger partial charge >= 0.3 is 12.1 Å². The van der Waals surface area contributed by atoms with Crippen molar-refractivity contribution < 1.29 is 32.6 Å². The second kappa shape index (κ2) is 10.2. The van der Waals surface area contributed by atoms with Crippen molar-refractivity contribution in [1.29, 1.82) is 0 Å². The number of carboxylic acid groups (broad SMARTS) is 1. The molecular weight excluding hydrogens is 457 g/mol. The van der Waals surface area contributed by atoms with Gasteiger partial charge in [-0.3, -0.25) is 9.78 Å². The lowest BCUT2D eigenvalue weighted by Crippen LogP contribution is -2.41. The Morgan fingerprint density at radius 1 is 1.17 bits per heavy atom. The molecule has 29 heavy (non-hydrogen) atoms. The van der Waals surface area contributed by atoms with Crippen molar-refractivity contribution in [3.8, 4) is 5.75 Å². The number of benzene rings is 1. The van der Waals surface area contributed by atoms with E-state index in [1.807, 2.05) is 41.3 Å². The number of aliphatic carboxylic acids is 1. The lowest BCUT2D eigenvalue weighted by Gasteiger charge is -2.32. The zero-order valence-corrected chi connectivity index (χ0v) is 16.7. The summed E-state index contributed by atoms with van der Waals surface area (Å²) < 4.78 is 38.6. The van der Waals surface area contributed by atoms with E-state index in [4.69, 9.17) is 14.6 Å². The molecule has 1 aromatic heterocycles. The van der Waals surface area contributed by atoms with Crippen LogP contribution in [0.4, 0.5) is 13.2 Å². The number of carbonyl (C=O) groups is 2. The average molecular weight is 475 g/mol. The molecular formula is C19H18BrF3N2O4. The molecule has 0 atom stereocenters. The van der Waals surface area contributed by atoms with Crippen molar-refractivity contribution in [2.24, 2.45) is 0 Å². The van der Waals surface area contributed by atoms with Gasteiger partial charge in [0.1, 0.15) is 11.9 Å². The van der Waals surface area contributed by atoms with Crippen LogP contribution < -0.4 is 4.74 Å². The Kier molecular flexibility index (Phi) is 8.00. The first kappa shape index (κ1) is 22.7. The van der Waals surface area contributed by atoms with Crippen molar-refractivity contribution in [3.63, 3.8) is 0 Å². The Morgan fingerprint density at radius 2 is 1.83 bits per heavy atom. The fraction of sp³-hybridized carbons (Fsp3) is 0.316. The van der Waals surface area contributed by atoms with Crippen LogP contribution in [0.25, 0.3) is 0 Å². The number of alkyl halides is 3. The molecule has 0 bridgehead atoms. The predicted molar refractivity (Wildman–Crippen MR) is 102 cm³/mol. The second-order valence-corrected chi connectivity index (χ2v) is 7.03. The number of hydrogen-bond acceptors (Lipinski definition) is 4. The van der Waals surface area contributed by atoms with E-state index in [1.165, 1.54) is 0 Å². The van der Waals surface area contributed by atoms with Gasteiger partial charge in [0.05, 0.1) is 6.20 Å². The van der Waals surface area contributed by atoms with Gasteiger partial charge < -0.3 is 14.7 Å². The van der Waals surface area contributed by atoms with Crippen LogP contribution in [-0.4, -0.2) is 52.2 Å². The molecule has 1 saturated heterocycles. The minimum Gasteiger partial charge on any atom is -0.489 e. The number of halogens is 4. The molecule has 2 aromatic rings. The summed E-state index contributed by atoms with van der Waals surface area (Å²) >= 11 is 3.40. The van der Waals surface area contributed by atoms with E-state index in [1.54, 1.807) is 12.4 Å². The maximum Gasteiger partial charge on any atom is 0.490 e. The summed E-state index contributed by atoms with van der Waals surface area (Å²) in [7, 11) is 0. The van der Waals surface area contributed by atoms with Crippen molar-refractivity contribution in [1.82, 2.24) is 9.88 Å². The van der Waals surface area contributed by atoms with E-state index in [0.29, 0.717) is 0 Å². The van der Waals surface area contributed by atoms with Crippen LogP contribution in [0.1, 0.15) is 23.2 Å². The molecule has 0 radical (unpaired) electrons. The highest BCUT2D eigenvalue weighted by atomic mass is 79.9. The van der Waals surface area contributed by atoms with Gasteiger partial charge in [-0.05, 0) is 30.3 Å². The van der Waals surface area contributed by atoms with Crippen LogP contribution >= 0.6 is 15.9 Å². The third kappa shape index (κ3) is 7.37. The molecule has 1 aromatic carbocycles. The van der Waals surface area contributed by atoms with Crippen LogP contribution in [-0.2, 0) is 4.79 Å². The highest BCUT2D eigenvalue weighted by molar-refractivity contribution is 9.10. The molecule has 2 heterocycles. The molecule has 10 heteroatoms. The number of carbonyl (C=O) groups excluding carboxylic acids is 1. The van der Waals surface area contributed by atoms with Crippen molar-refractivity contribution >= 4 is 27.8 Å². The molecule has 1 aliphatic rings. The molecule has 1 N–H and O–H groups in total. The number of ether oxygens (including phenoxy) is 1. The molecule has 1 aliphatic heterocycles. The number of likely N-dealkylation sites (tertiary alicyclic amines) is 1. The third-order valence-corrected chi connectivity index (χ3v) is 4.47. The van der Waals surface area contributed by atoms with E-state index in [2.05, 4.69) is 20.9 Å². The Balaban J connectivity index is 0.000000370. The Morgan fingerprint density at radius 3 is 2.34 bits per heavy atom. The Hall–Kier alpha value is -2.62. The van der Waals surface area contributed by atoms with Gasteiger partial charge in [0.25, 0.3) is 5.91 Å². The molecule has 156 valence electrons. The summed E-state index contributed by atoms with van der Waals surface area (Å²) in [5.41, 5.74) is 0.723. The molecule has 3 rings (SSSR count). The van der Waals surface area contributed by atoms with Gasteiger partial charge in [0.15, 0.2) is 0 Å². The second-order valence-electron chi connectivity index (χ2n) is 6.11. The zero-order chi connectivity index (χ0) is 21.4. The molecule has 0 unspecified atom stereocenters. The summed E-state index contributed by atoms with van der Waals surface area (Å²) in [4.78, 5) is 27.3. The Bertz CT molecular complexity index is 826. The first-order valence-electron chi connectivity index (χ1n) is 8.58. The van der Waals surface area contributed by atoms with Gasteiger partial charge in [-0.1, -0.05) is 22.0 Å². The first-order chi connectivity index (χ1) is 13.7. The minimum atomic E-state index is -5.08. The summed E-state index contributed by atoms with van der Waals surface area (Å²) in [6.45, 7) is 1.44. The number of pyridine rings is 1. The van der Waals surface area contributed by atoms with Gasteiger partial charge in [-0.15, -0.1) is 0 Å². The highest BCUT2D eigenvalue weighted by Gasteiger charge is 2.38. The lowest BCUT2D eigenvalue weighted by atomic mass is 10.1. The molecule has 0 spiro atoms.